The van der Waals surface area contributed by atoms with Gasteiger partial charge in [0.25, 0.3) is 0 Å². The van der Waals surface area contributed by atoms with Gasteiger partial charge in [0.05, 0.1) is 6.10 Å². The lowest BCUT2D eigenvalue weighted by Gasteiger charge is -2.49. The number of nitrogens with two attached hydrogens (primary N) is 1. The summed E-state index contributed by atoms with van der Waals surface area (Å²) in [6.45, 7) is 6.34. The summed E-state index contributed by atoms with van der Waals surface area (Å²) in [5.41, 5.74) is 6.09. The number of rotatable bonds is 4. The van der Waals surface area contributed by atoms with Crippen molar-refractivity contribution in [2.24, 2.45) is 5.73 Å². The van der Waals surface area contributed by atoms with E-state index in [0.717, 1.165) is 12.6 Å². The molecular weight excluding hydrogens is 200 g/mol. The van der Waals surface area contributed by atoms with Gasteiger partial charge in [-0.25, -0.2) is 0 Å². The van der Waals surface area contributed by atoms with Gasteiger partial charge >= 0.3 is 0 Å². The second-order valence-electron chi connectivity index (χ2n) is 5.36. The number of likely N-dealkylation sites (tertiary alicyclic amines) is 1. The third-order valence-electron chi connectivity index (χ3n) is 4.14. The van der Waals surface area contributed by atoms with E-state index in [0.29, 0.717) is 18.2 Å². The van der Waals surface area contributed by atoms with Gasteiger partial charge in [0.15, 0.2) is 0 Å². The Morgan fingerprint density at radius 1 is 1.38 bits per heavy atom. The first kappa shape index (κ1) is 12.3. The maximum Gasteiger partial charge on any atom is 0.0604 e. The molecule has 0 bridgehead atoms. The first-order chi connectivity index (χ1) is 7.72. The van der Waals surface area contributed by atoms with Crippen molar-refractivity contribution in [3.05, 3.63) is 0 Å². The average Bonchev–Trinajstić information content (AvgIpc) is 2.23. The van der Waals surface area contributed by atoms with Crippen molar-refractivity contribution in [3.63, 3.8) is 0 Å². The number of hydrogen-bond acceptors (Lipinski definition) is 3. The van der Waals surface area contributed by atoms with Crippen LogP contribution in [0, 0.1) is 0 Å². The number of piperidine rings is 1. The Labute approximate surface area is 99.3 Å². The van der Waals surface area contributed by atoms with Crippen molar-refractivity contribution >= 4 is 0 Å². The van der Waals surface area contributed by atoms with E-state index in [4.69, 9.17) is 10.5 Å². The molecule has 0 aromatic heterocycles. The molecule has 2 unspecified atom stereocenters. The van der Waals surface area contributed by atoms with Crippen LogP contribution in [0.3, 0.4) is 0 Å². The van der Waals surface area contributed by atoms with Crippen LogP contribution in [0.15, 0.2) is 0 Å². The van der Waals surface area contributed by atoms with Crippen LogP contribution in [-0.4, -0.2) is 42.3 Å². The summed E-state index contributed by atoms with van der Waals surface area (Å²) in [6, 6.07) is 1.67. The topological polar surface area (TPSA) is 38.5 Å². The SMILES string of the molecule is CCOC1CC(N2CCCCC2C(C)N)C1. The third-order valence-corrected chi connectivity index (χ3v) is 4.14. The summed E-state index contributed by atoms with van der Waals surface area (Å²) in [5.74, 6) is 0. The highest BCUT2D eigenvalue weighted by Gasteiger charge is 2.38. The Morgan fingerprint density at radius 2 is 2.12 bits per heavy atom. The van der Waals surface area contributed by atoms with E-state index >= 15 is 0 Å². The van der Waals surface area contributed by atoms with Gasteiger partial charge in [0.2, 0.25) is 0 Å². The zero-order valence-corrected chi connectivity index (χ0v) is 10.7. The number of nitrogens with zero attached hydrogens (tertiary/aromatic N) is 1. The molecule has 2 rings (SSSR count). The Bertz CT molecular complexity index is 214. The predicted octanol–water partition coefficient (Wildman–Crippen LogP) is 1.76. The molecule has 94 valence electrons. The van der Waals surface area contributed by atoms with E-state index in [1.165, 1.54) is 38.6 Å². The molecule has 2 atom stereocenters. The molecule has 1 saturated heterocycles. The van der Waals surface area contributed by atoms with Crippen LogP contribution in [0.1, 0.15) is 46.0 Å². The van der Waals surface area contributed by atoms with E-state index in [9.17, 15) is 0 Å². The predicted molar refractivity (Wildman–Crippen MR) is 66.4 cm³/mol. The highest BCUT2D eigenvalue weighted by atomic mass is 16.5. The molecule has 2 N–H and O–H groups in total. The maximum absolute atomic E-state index is 6.09. The largest absolute Gasteiger partial charge is 0.378 e. The molecule has 2 aliphatic rings. The van der Waals surface area contributed by atoms with E-state index in [1.54, 1.807) is 0 Å². The Hall–Kier alpha value is -0.120. The van der Waals surface area contributed by atoms with Crippen LogP contribution in [0.4, 0.5) is 0 Å². The van der Waals surface area contributed by atoms with Crippen molar-refractivity contribution in [3.8, 4) is 0 Å². The summed E-state index contributed by atoms with van der Waals surface area (Å²) in [4.78, 5) is 2.66. The van der Waals surface area contributed by atoms with Crippen LogP contribution < -0.4 is 5.73 Å². The van der Waals surface area contributed by atoms with Gasteiger partial charge in [-0.2, -0.15) is 0 Å². The fourth-order valence-corrected chi connectivity index (χ4v) is 3.18. The van der Waals surface area contributed by atoms with Crippen molar-refractivity contribution in [2.45, 2.75) is 70.2 Å². The lowest BCUT2D eigenvalue weighted by Crippen LogP contribution is -2.58. The molecule has 0 aromatic rings. The zero-order chi connectivity index (χ0) is 11.5. The monoisotopic (exact) mass is 226 g/mol. The summed E-state index contributed by atoms with van der Waals surface area (Å²) in [7, 11) is 0. The van der Waals surface area contributed by atoms with E-state index in [1.807, 2.05) is 0 Å². The Balaban J connectivity index is 1.83. The summed E-state index contributed by atoms with van der Waals surface area (Å²) in [5, 5.41) is 0. The zero-order valence-electron chi connectivity index (χ0n) is 10.7. The minimum absolute atomic E-state index is 0.312. The highest BCUT2D eigenvalue weighted by molar-refractivity contribution is 4.94. The first-order valence-electron chi connectivity index (χ1n) is 6.85. The smallest absolute Gasteiger partial charge is 0.0604 e. The molecule has 2 fully saturated rings. The highest BCUT2D eigenvalue weighted by Crippen LogP contribution is 2.33. The lowest BCUT2D eigenvalue weighted by atomic mass is 9.83. The molecular formula is C13H26N2O. The van der Waals surface area contributed by atoms with Crippen LogP contribution in [-0.2, 0) is 4.74 Å². The lowest BCUT2D eigenvalue weighted by molar-refractivity contribution is -0.0668. The van der Waals surface area contributed by atoms with Crippen molar-refractivity contribution in [1.82, 2.24) is 4.90 Å². The summed E-state index contributed by atoms with van der Waals surface area (Å²) < 4.78 is 5.64. The molecule has 3 heteroatoms. The molecule has 1 aliphatic heterocycles. The van der Waals surface area contributed by atoms with Gasteiger partial charge < -0.3 is 10.5 Å². The standard InChI is InChI=1S/C13H26N2O/c1-3-16-12-8-11(9-12)15-7-5-4-6-13(15)10(2)14/h10-13H,3-9,14H2,1-2H3. The molecule has 16 heavy (non-hydrogen) atoms. The van der Waals surface area contributed by atoms with Gasteiger partial charge in [0, 0.05) is 24.7 Å². The summed E-state index contributed by atoms with van der Waals surface area (Å²) >= 11 is 0. The molecule has 3 nitrogen and oxygen atoms in total. The van der Waals surface area contributed by atoms with Crippen molar-refractivity contribution < 1.29 is 4.74 Å². The van der Waals surface area contributed by atoms with Crippen molar-refractivity contribution in [1.29, 1.82) is 0 Å². The van der Waals surface area contributed by atoms with Crippen molar-refractivity contribution in [2.75, 3.05) is 13.2 Å². The molecule has 1 aliphatic carbocycles. The van der Waals surface area contributed by atoms with Crippen LogP contribution >= 0.6 is 0 Å². The van der Waals surface area contributed by atoms with Crippen LogP contribution in [0.25, 0.3) is 0 Å². The van der Waals surface area contributed by atoms with Gasteiger partial charge in [0.1, 0.15) is 0 Å². The third kappa shape index (κ3) is 2.58. The summed E-state index contributed by atoms with van der Waals surface area (Å²) in [6.07, 6.45) is 6.94. The quantitative estimate of drug-likeness (QED) is 0.794. The van der Waals surface area contributed by atoms with E-state index in [-0.39, 0.29) is 0 Å². The molecule has 1 heterocycles. The van der Waals surface area contributed by atoms with Gasteiger partial charge in [-0.15, -0.1) is 0 Å². The van der Waals surface area contributed by atoms with E-state index < -0.39 is 0 Å². The van der Waals surface area contributed by atoms with Gasteiger partial charge in [-0.3, -0.25) is 4.90 Å². The first-order valence-corrected chi connectivity index (χ1v) is 6.85. The van der Waals surface area contributed by atoms with Gasteiger partial charge in [-0.05, 0) is 46.1 Å². The fraction of sp³-hybridized carbons (Fsp3) is 1.00. The maximum atomic E-state index is 6.09. The minimum Gasteiger partial charge on any atom is -0.378 e. The van der Waals surface area contributed by atoms with Crippen LogP contribution in [0.2, 0.25) is 0 Å². The fourth-order valence-electron chi connectivity index (χ4n) is 3.18. The van der Waals surface area contributed by atoms with E-state index in [2.05, 4.69) is 18.7 Å². The second-order valence-corrected chi connectivity index (χ2v) is 5.36. The number of ether oxygens (including phenoxy) is 1. The molecule has 0 aromatic carbocycles. The minimum atomic E-state index is 0.312. The van der Waals surface area contributed by atoms with Gasteiger partial charge in [-0.1, -0.05) is 6.42 Å². The molecule has 1 saturated carbocycles. The normalized spacial score (nSPS) is 38.1. The number of hydrogen-bond donors (Lipinski definition) is 1. The molecule has 0 spiro atoms. The second kappa shape index (κ2) is 5.48. The Morgan fingerprint density at radius 3 is 2.75 bits per heavy atom. The van der Waals surface area contributed by atoms with Crippen LogP contribution in [0.5, 0.6) is 0 Å². The average molecular weight is 226 g/mol. The molecule has 0 amide bonds. The Kier molecular flexibility index (Phi) is 4.22. The molecule has 0 radical (unpaired) electrons.